The van der Waals surface area contributed by atoms with Gasteiger partial charge in [-0.05, 0) is 32.3 Å². The first-order valence-corrected chi connectivity index (χ1v) is 6.06. The molecule has 2 N–H and O–H groups in total. The number of aliphatic imine (C=N–C) groups is 1. The molecule has 0 unspecified atom stereocenters. The van der Waals surface area contributed by atoms with Gasteiger partial charge in [-0.15, -0.1) is 24.0 Å². The summed E-state index contributed by atoms with van der Waals surface area (Å²) in [7, 11) is 1.80. The van der Waals surface area contributed by atoms with Crippen molar-refractivity contribution in [1.29, 1.82) is 0 Å². The van der Waals surface area contributed by atoms with Crippen molar-refractivity contribution in [1.82, 2.24) is 10.6 Å². The van der Waals surface area contributed by atoms with Gasteiger partial charge in [0, 0.05) is 19.6 Å². The lowest BCUT2D eigenvalue weighted by Gasteiger charge is -2.13. The van der Waals surface area contributed by atoms with Crippen LogP contribution in [-0.2, 0) is 0 Å². The maximum atomic E-state index is 4.11. The van der Waals surface area contributed by atoms with E-state index in [1.54, 1.807) is 7.05 Å². The van der Waals surface area contributed by atoms with Crippen molar-refractivity contribution in [3.63, 3.8) is 0 Å². The molecule has 0 amide bonds. The third-order valence-electron chi connectivity index (χ3n) is 1.47. The fourth-order valence-corrected chi connectivity index (χ4v) is 1.32. The van der Waals surface area contributed by atoms with Gasteiger partial charge in [0.05, 0.1) is 0 Å². The quantitative estimate of drug-likeness (QED) is 0.350. The van der Waals surface area contributed by atoms with Gasteiger partial charge in [-0.2, -0.15) is 11.8 Å². The molecule has 0 heterocycles. The van der Waals surface area contributed by atoms with Crippen molar-refractivity contribution in [2.24, 2.45) is 4.99 Å². The van der Waals surface area contributed by atoms with Crippen LogP contribution >= 0.6 is 35.7 Å². The van der Waals surface area contributed by atoms with Crippen molar-refractivity contribution in [2.45, 2.75) is 26.3 Å². The lowest BCUT2D eigenvalue weighted by atomic mass is 10.4. The van der Waals surface area contributed by atoms with E-state index >= 15 is 0 Å². The standard InChI is InChI=1S/C9H21N3S.HI/c1-8(2)12-9(10-3)11-6-5-7-13-4;/h8H,5-7H2,1-4H3,(H2,10,11,12);1H. The average molecular weight is 331 g/mol. The first kappa shape index (κ1) is 16.8. The second kappa shape index (κ2) is 11.4. The molecule has 0 spiro atoms. The van der Waals surface area contributed by atoms with Crippen molar-refractivity contribution in [2.75, 3.05) is 25.6 Å². The normalized spacial score (nSPS) is 11.1. The summed E-state index contributed by atoms with van der Waals surface area (Å²) in [5.74, 6) is 2.10. The minimum Gasteiger partial charge on any atom is -0.356 e. The maximum Gasteiger partial charge on any atom is 0.191 e. The smallest absolute Gasteiger partial charge is 0.191 e. The molecular weight excluding hydrogens is 309 g/mol. The molecular formula is C9H22IN3S. The van der Waals surface area contributed by atoms with E-state index in [9.17, 15) is 0 Å². The van der Waals surface area contributed by atoms with E-state index in [-0.39, 0.29) is 24.0 Å². The van der Waals surface area contributed by atoms with Gasteiger partial charge in [-0.1, -0.05) is 0 Å². The highest BCUT2D eigenvalue weighted by Crippen LogP contribution is 1.93. The van der Waals surface area contributed by atoms with Gasteiger partial charge in [0.25, 0.3) is 0 Å². The minimum absolute atomic E-state index is 0. The van der Waals surface area contributed by atoms with E-state index in [0.717, 1.165) is 12.5 Å². The van der Waals surface area contributed by atoms with Gasteiger partial charge in [-0.3, -0.25) is 4.99 Å². The minimum atomic E-state index is 0. The average Bonchev–Trinajstić information content (AvgIpc) is 2.09. The summed E-state index contributed by atoms with van der Waals surface area (Å²) in [6, 6.07) is 0.437. The number of nitrogens with one attached hydrogen (secondary N) is 2. The zero-order valence-corrected chi connectivity index (χ0v) is 12.6. The Kier molecular flexibility index (Phi) is 13.7. The Balaban J connectivity index is 0. The SMILES string of the molecule is CN=C(NCCCSC)NC(C)C.I. The zero-order valence-electron chi connectivity index (χ0n) is 9.46. The van der Waals surface area contributed by atoms with E-state index in [1.807, 2.05) is 11.8 Å². The van der Waals surface area contributed by atoms with Crippen molar-refractivity contribution >= 4 is 41.7 Å². The number of hydrogen-bond acceptors (Lipinski definition) is 2. The summed E-state index contributed by atoms with van der Waals surface area (Å²) in [5.41, 5.74) is 0. The first-order valence-electron chi connectivity index (χ1n) is 4.66. The number of nitrogens with zero attached hydrogens (tertiary/aromatic N) is 1. The van der Waals surface area contributed by atoms with E-state index in [1.165, 1.54) is 12.2 Å². The molecule has 0 saturated heterocycles. The molecule has 0 aromatic rings. The lowest BCUT2D eigenvalue weighted by molar-refractivity contribution is 0.696. The van der Waals surface area contributed by atoms with Crippen LogP contribution in [0.1, 0.15) is 20.3 Å². The van der Waals surface area contributed by atoms with Crippen molar-refractivity contribution in [3.8, 4) is 0 Å². The summed E-state index contributed by atoms with van der Waals surface area (Å²) in [6.45, 7) is 5.21. The Morgan fingerprint density at radius 3 is 2.50 bits per heavy atom. The molecule has 0 bridgehead atoms. The van der Waals surface area contributed by atoms with Crippen LogP contribution in [0, 0.1) is 0 Å². The molecule has 0 aliphatic carbocycles. The van der Waals surface area contributed by atoms with Crippen LogP contribution in [0.2, 0.25) is 0 Å². The summed E-state index contributed by atoms with van der Waals surface area (Å²) < 4.78 is 0. The zero-order chi connectivity index (χ0) is 10.1. The molecule has 3 nitrogen and oxygen atoms in total. The third kappa shape index (κ3) is 10.4. The number of guanidine groups is 1. The van der Waals surface area contributed by atoms with Gasteiger partial charge < -0.3 is 10.6 Å². The predicted octanol–water partition coefficient (Wildman–Crippen LogP) is 1.93. The molecule has 0 aliphatic rings. The monoisotopic (exact) mass is 331 g/mol. The van der Waals surface area contributed by atoms with Gasteiger partial charge in [0.2, 0.25) is 0 Å². The predicted molar refractivity (Wildman–Crippen MR) is 78.0 cm³/mol. The summed E-state index contributed by atoms with van der Waals surface area (Å²) in [4.78, 5) is 4.11. The van der Waals surface area contributed by atoms with Gasteiger partial charge in [0.1, 0.15) is 0 Å². The van der Waals surface area contributed by atoms with E-state index in [2.05, 4.69) is 35.7 Å². The van der Waals surface area contributed by atoms with Crippen LogP contribution in [0.5, 0.6) is 0 Å². The number of halogens is 1. The van der Waals surface area contributed by atoms with Crippen LogP contribution in [0.25, 0.3) is 0 Å². The summed E-state index contributed by atoms with van der Waals surface area (Å²) in [5, 5.41) is 6.50. The Bertz CT molecular complexity index is 151. The van der Waals surface area contributed by atoms with E-state index < -0.39 is 0 Å². The summed E-state index contributed by atoms with van der Waals surface area (Å²) >= 11 is 1.87. The molecule has 0 aliphatic heterocycles. The molecule has 14 heavy (non-hydrogen) atoms. The molecule has 0 atom stereocenters. The Hall–Kier alpha value is 0.350. The first-order chi connectivity index (χ1) is 6.20. The van der Waals surface area contributed by atoms with Crippen LogP contribution < -0.4 is 10.6 Å². The molecule has 0 fully saturated rings. The molecule has 0 aromatic carbocycles. The topological polar surface area (TPSA) is 36.4 Å². The van der Waals surface area contributed by atoms with Gasteiger partial charge in [-0.25, -0.2) is 0 Å². The van der Waals surface area contributed by atoms with Crippen molar-refractivity contribution in [3.05, 3.63) is 0 Å². The highest BCUT2D eigenvalue weighted by atomic mass is 127. The second-order valence-corrected chi connectivity index (χ2v) is 4.13. The highest BCUT2D eigenvalue weighted by Gasteiger charge is 1.97. The van der Waals surface area contributed by atoms with Crippen LogP contribution in [-0.4, -0.2) is 37.6 Å². The van der Waals surface area contributed by atoms with Crippen LogP contribution in [0.15, 0.2) is 4.99 Å². The number of thioether (sulfide) groups is 1. The highest BCUT2D eigenvalue weighted by molar-refractivity contribution is 14.0. The molecule has 0 rings (SSSR count). The second-order valence-electron chi connectivity index (χ2n) is 3.14. The molecule has 0 saturated carbocycles. The fourth-order valence-electron chi connectivity index (χ4n) is 0.891. The van der Waals surface area contributed by atoms with Crippen LogP contribution in [0.3, 0.4) is 0 Å². The van der Waals surface area contributed by atoms with Gasteiger partial charge in [0.15, 0.2) is 5.96 Å². The Morgan fingerprint density at radius 1 is 1.43 bits per heavy atom. The van der Waals surface area contributed by atoms with Crippen LogP contribution in [0.4, 0.5) is 0 Å². The molecule has 0 aromatic heterocycles. The van der Waals surface area contributed by atoms with E-state index in [4.69, 9.17) is 0 Å². The fraction of sp³-hybridized carbons (Fsp3) is 0.889. The molecule has 5 heteroatoms. The molecule has 86 valence electrons. The summed E-state index contributed by atoms with van der Waals surface area (Å²) in [6.07, 6.45) is 3.31. The van der Waals surface area contributed by atoms with Gasteiger partial charge >= 0.3 is 0 Å². The maximum absolute atomic E-state index is 4.11. The van der Waals surface area contributed by atoms with Crippen molar-refractivity contribution < 1.29 is 0 Å². The Morgan fingerprint density at radius 2 is 2.07 bits per heavy atom. The Labute approximate surface area is 109 Å². The largest absolute Gasteiger partial charge is 0.356 e. The van der Waals surface area contributed by atoms with E-state index in [0.29, 0.717) is 6.04 Å². The third-order valence-corrected chi connectivity index (χ3v) is 2.16. The lowest BCUT2D eigenvalue weighted by Crippen LogP contribution is -2.41. The number of rotatable bonds is 5. The molecule has 0 radical (unpaired) electrons. The number of hydrogen-bond donors (Lipinski definition) is 2.